The Balaban J connectivity index is 1.88. The fourth-order valence-electron chi connectivity index (χ4n) is 2.69. The number of hydrogen-bond acceptors (Lipinski definition) is 7. The van der Waals surface area contributed by atoms with Crippen LogP contribution in [0, 0.1) is 13.8 Å². The number of para-hydroxylation sites is 1. The van der Waals surface area contributed by atoms with Gasteiger partial charge in [-0.25, -0.2) is 4.79 Å². The molecule has 156 valence electrons. The summed E-state index contributed by atoms with van der Waals surface area (Å²) in [5.41, 5.74) is 1.98. The highest BCUT2D eigenvalue weighted by Crippen LogP contribution is 2.32. The Kier molecular flexibility index (Phi) is 8.21. The van der Waals surface area contributed by atoms with E-state index in [1.54, 1.807) is 6.92 Å². The van der Waals surface area contributed by atoms with Gasteiger partial charge in [-0.05, 0) is 44.4 Å². The summed E-state index contributed by atoms with van der Waals surface area (Å²) in [5, 5.41) is 3.01. The first-order valence-electron chi connectivity index (χ1n) is 9.21. The minimum absolute atomic E-state index is 0.127. The molecule has 0 aliphatic rings. The third-order valence-corrected chi connectivity index (χ3v) is 5.39. The lowest BCUT2D eigenvalue weighted by Gasteiger charge is -2.10. The molecule has 0 fully saturated rings. The number of hydrogen-bond donors (Lipinski definition) is 1. The van der Waals surface area contributed by atoms with E-state index in [0.29, 0.717) is 23.6 Å². The summed E-state index contributed by atoms with van der Waals surface area (Å²) >= 11 is 1.27. The Labute approximate surface area is 174 Å². The maximum absolute atomic E-state index is 12.2. The van der Waals surface area contributed by atoms with Gasteiger partial charge in [0.25, 0.3) is 5.91 Å². The summed E-state index contributed by atoms with van der Waals surface area (Å²) in [5.74, 6) is -0.788. The van der Waals surface area contributed by atoms with Crippen molar-refractivity contribution in [2.75, 3.05) is 25.6 Å². The highest BCUT2D eigenvalue weighted by Gasteiger charge is 2.22. The number of esters is 2. The lowest BCUT2D eigenvalue weighted by Crippen LogP contribution is -2.21. The number of thiophene rings is 1. The second kappa shape index (κ2) is 10.6. The molecule has 0 unspecified atom stereocenters. The molecule has 0 radical (unpaired) electrons. The SMILES string of the molecule is CCOc1ccccc1CCC(=O)OCC(=O)Nc1sc(C)c(C)c1C(=O)OC. The standard InChI is InChI=1S/C21H25NO6S/c1-5-27-16-9-7-6-8-15(16)10-11-18(24)28-12-17(23)22-20-19(21(25)26-4)13(2)14(3)29-20/h6-9H,5,10-12H2,1-4H3,(H,22,23). The molecule has 0 atom stereocenters. The van der Waals surface area contributed by atoms with Crippen LogP contribution in [-0.4, -0.2) is 38.2 Å². The van der Waals surface area contributed by atoms with E-state index in [1.165, 1.54) is 18.4 Å². The van der Waals surface area contributed by atoms with Crippen molar-refractivity contribution in [2.24, 2.45) is 0 Å². The number of nitrogens with one attached hydrogen (secondary N) is 1. The molecule has 1 aromatic heterocycles. The maximum atomic E-state index is 12.2. The molecule has 1 aromatic carbocycles. The number of carbonyl (C=O) groups is 3. The van der Waals surface area contributed by atoms with Crippen LogP contribution < -0.4 is 10.1 Å². The topological polar surface area (TPSA) is 90.9 Å². The van der Waals surface area contributed by atoms with Gasteiger partial charge in [0.1, 0.15) is 10.8 Å². The van der Waals surface area contributed by atoms with Gasteiger partial charge in [0.15, 0.2) is 6.61 Å². The highest BCUT2D eigenvalue weighted by atomic mass is 32.1. The second-order valence-electron chi connectivity index (χ2n) is 6.23. The van der Waals surface area contributed by atoms with Crippen LogP contribution in [-0.2, 0) is 25.5 Å². The van der Waals surface area contributed by atoms with Gasteiger partial charge in [-0.1, -0.05) is 18.2 Å². The van der Waals surface area contributed by atoms with Crippen molar-refractivity contribution < 1.29 is 28.6 Å². The van der Waals surface area contributed by atoms with Crippen LogP contribution in [0.2, 0.25) is 0 Å². The molecular formula is C21H25NO6S. The Bertz CT molecular complexity index is 889. The molecule has 7 nitrogen and oxygen atoms in total. The van der Waals surface area contributed by atoms with E-state index in [2.05, 4.69) is 5.32 Å². The van der Waals surface area contributed by atoms with Gasteiger partial charge >= 0.3 is 11.9 Å². The van der Waals surface area contributed by atoms with E-state index in [9.17, 15) is 14.4 Å². The molecule has 0 spiro atoms. The molecule has 8 heteroatoms. The molecule has 2 rings (SSSR count). The van der Waals surface area contributed by atoms with Crippen molar-refractivity contribution in [1.29, 1.82) is 0 Å². The number of ether oxygens (including phenoxy) is 3. The zero-order valence-electron chi connectivity index (χ0n) is 17.0. The van der Waals surface area contributed by atoms with Crippen LogP contribution in [0.3, 0.4) is 0 Å². The smallest absolute Gasteiger partial charge is 0.341 e. The molecule has 1 amide bonds. The van der Waals surface area contributed by atoms with E-state index in [1.807, 2.05) is 38.1 Å². The lowest BCUT2D eigenvalue weighted by molar-refractivity contribution is -0.147. The Morgan fingerprint density at radius 1 is 1.14 bits per heavy atom. The molecule has 2 aromatic rings. The second-order valence-corrected chi connectivity index (χ2v) is 7.45. The maximum Gasteiger partial charge on any atom is 0.341 e. The first-order valence-corrected chi connectivity index (χ1v) is 10.0. The summed E-state index contributed by atoms with van der Waals surface area (Å²) in [6.45, 7) is 5.64. The quantitative estimate of drug-likeness (QED) is 0.624. The minimum atomic E-state index is -0.521. The van der Waals surface area contributed by atoms with Crippen LogP contribution in [0.1, 0.15) is 39.7 Å². The van der Waals surface area contributed by atoms with Gasteiger partial charge in [-0.3, -0.25) is 9.59 Å². The van der Waals surface area contributed by atoms with Crippen molar-refractivity contribution >= 4 is 34.2 Å². The summed E-state index contributed by atoms with van der Waals surface area (Å²) in [7, 11) is 1.28. The number of methoxy groups -OCH3 is 1. The van der Waals surface area contributed by atoms with Crippen molar-refractivity contribution in [3.63, 3.8) is 0 Å². The molecule has 1 heterocycles. The van der Waals surface area contributed by atoms with Crippen molar-refractivity contribution in [3.8, 4) is 5.75 Å². The monoisotopic (exact) mass is 419 g/mol. The van der Waals surface area contributed by atoms with E-state index < -0.39 is 24.5 Å². The summed E-state index contributed by atoms with van der Waals surface area (Å²) in [6.07, 6.45) is 0.578. The van der Waals surface area contributed by atoms with Crippen molar-refractivity contribution in [3.05, 3.63) is 45.8 Å². The van der Waals surface area contributed by atoms with Gasteiger partial charge in [0, 0.05) is 11.3 Å². The molecule has 0 aliphatic carbocycles. The van der Waals surface area contributed by atoms with E-state index in [4.69, 9.17) is 14.2 Å². The van der Waals surface area contributed by atoms with E-state index in [0.717, 1.165) is 21.8 Å². The number of amides is 1. The first-order chi connectivity index (χ1) is 13.9. The van der Waals surface area contributed by atoms with Gasteiger partial charge < -0.3 is 19.5 Å². The average Bonchev–Trinajstić information content (AvgIpc) is 2.98. The summed E-state index contributed by atoms with van der Waals surface area (Å²) in [4.78, 5) is 37.0. The van der Waals surface area contributed by atoms with Crippen LogP contribution >= 0.6 is 11.3 Å². The van der Waals surface area contributed by atoms with Crippen LogP contribution in [0.25, 0.3) is 0 Å². The molecule has 29 heavy (non-hydrogen) atoms. The average molecular weight is 419 g/mol. The number of rotatable bonds is 9. The predicted octanol–water partition coefficient (Wildman–Crippen LogP) is 3.66. The fraction of sp³-hybridized carbons (Fsp3) is 0.381. The molecule has 0 saturated heterocycles. The van der Waals surface area contributed by atoms with Crippen LogP contribution in [0.5, 0.6) is 5.75 Å². The molecule has 0 aliphatic heterocycles. The third kappa shape index (κ3) is 6.05. The third-order valence-electron chi connectivity index (χ3n) is 4.26. The lowest BCUT2D eigenvalue weighted by atomic mass is 10.1. The number of benzene rings is 1. The van der Waals surface area contributed by atoms with Gasteiger partial charge in [-0.2, -0.15) is 0 Å². The number of anilines is 1. The van der Waals surface area contributed by atoms with Crippen LogP contribution in [0.4, 0.5) is 5.00 Å². The zero-order chi connectivity index (χ0) is 21.4. The Hall–Kier alpha value is -2.87. The first kappa shape index (κ1) is 22.4. The Morgan fingerprint density at radius 2 is 1.86 bits per heavy atom. The highest BCUT2D eigenvalue weighted by molar-refractivity contribution is 7.16. The van der Waals surface area contributed by atoms with E-state index in [-0.39, 0.29) is 6.42 Å². The van der Waals surface area contributed by atoms with Crippen molar-refractivity contribution in [1.82, 2.24) is 0 Å². The van der Waals surface area contributed by atoms with E-state index >= 15 is 0 Å². The largest absolute Gasteiger partial charge is 0.494 e. The van der Waals surface area contributed by atoms with Crippen LogP contribution in [0.15, 0.2) is 24.3 Å². The molecule has 1 N–H and O–H groups in total. The van der Waals surface area contributed by atoms with Gasteiger partial charge in [-0.15, -0.1) is 11.3 Å². The predicted molar refractivity (Wildman–Crippen MR) is 111 cm³/mol. The summed E-state index contributed by atoms with van der Waals surface area (Å²) in [6, 6.07) is 7.48. The van der Waals surface area contributed by atoms with Gasteiger partial charge in [0.2, 0.25) is 0 Å². The zero-order valence-corrected chi connectivity index (χ0v) is 17.8. The Morgan fingerprint density at radius 3 is 2.55 bits per heavy atom. The fourth-order valence-corrected chi connectivity index (χ4v) is 3.75. The van der Waals surface area contributed by atoms with Gasteiger partial charge in [0.05, 0.1) is 19.3 Å². The molecule has 0 saturated carbocycles. The number of carbonyl (C=O) groups excluding carboxylic acids is 3. The summed E-state index contributed by atoms with van der Waals surface area (Å²) < 4.78 is 15.4. The minimum Gasteiger partial charge on any atom is -0.494 e. The molecular weight excluding hydrogens is 394 g/mol. The van der Waals surface area contributed by atoms with Crippen molar-refractivity contribution in [2.45, 2.75) is 33.6 Å². The number of aryl methyl sites for hydroxylation is 2. The molecule has 0 bridgehead atoms. The normalized spacial score (nSPS) is 10.3.